The van der Waals surface area contributed by atoms with E-state index in [1.54, 1.807) is 19.1 Å². The molecule has 2 unspecified atom stereocenters. The van der Waals surface area contributed by atoms with Crippen molar-refractivity contribution in [2.24, 2.45) is 17.8 Å². The topological polar surface area (TPSA) is 106 Å². The second-order valence-electron chi connectivity index (χ2n) is 9.50. The highest BCUT2D eigenvalue weighted by Gasteiger charge is 2.32. The number of aryl methyl sites for hydroxylation is 1. The van der Waals surface area contributed by atoms with E-state index in [0.717, 1.165) is 17.8 Å². The van der Waals surface area contributed by atoms with Gasteiger partial charge in [-0.25, -0.2) is 18.2 Å². The number of nitrogens with zero attached hydrogens (tertiary/aromatic N) is 2. The lowest BCUT2D eigenvalue weighted by Gasteiger charge is -2.34. The minimum Gasteiger partial charge on any atom is -0.461 e. The summed E-state index contributed by atoms with van der Waals surface area (Å²) >= 11 is 1.13. The standard InChI is InChI=1S/C24H33N3O5S2/c1-15(2)14-32-23(29)22-18(5)26-24(33-22)25-11-21(28)19-7-6-8-20(10-19)34(30,31)27-12-16(3)9-17(4)13-27/h6-8,10,15-17H,9,11-14H2,1-5H3,(H,25,26). The number of rotatable bonds is 9. The summed E-state index contributed by atoms with van der Waals surface area (Å²) < 4.78 is 33.1. The molecule has 1 aliphatic rings. The summed E-state index contributed by atoms with van der Waals surface area (Å²) in [5.74, 6) is 0.119. The highest BCUT2D eigenvalue weighted by atomic mass is 32.2. The molecule has 0 amide bonds. The van der Waals surface area contributed by atoms with Crippen molar-refractivity contribution >= 4 is 38.2 Å². The van der Waals surface area contributed by atoms with Crippen LogP contribution in [0.5, 0.6) is 0 Å². The van der Waals surface area contributed by atoms with Crippen LogP contribution in [0.3, 0.4) is 0 Å². The van der Waals surface area contributed by atoms with E-state index in [1.165, 1.54) is 16.4 Å². The van der Waals surface area contributed by atoms with Gasteiger partial charge in [-0.1, -0.05) is 51.2 Å². The highest BCUT2D eigenvalue weighted by Crippen LogP contribution is 2.27. The van der Waals surface area contributed by atoms with Crippen LogP contribution in [0.25, 0.3) is 0 Å². The molecule has 1 aromatic heterocycles. The van der Waals surface area contributed by atoms with Gasteiger partial charge in [-0.3, -0.25) is 4.79 Å². The van der Waals surface area contributed by atoms with Crippen LogP contribution in [-0.2, 0) is 14.8 Å². The van der Waals surface area contributed by atoms with Gasteiger partial charge in [0.25, 0.3) is 0 Å². The number of carbonyl (C=O) groups excluding carboxylic acids is 2. The first-order valence-electron chi connectivity index (χ1n) is 11.5. The van der Waals surface area contributed by atoms with E-state index in [9.17, 15) is 18.0 Å². The highest BCUT2D eigenvalue weighted by molar-refractivity contribution is 7.89. The number of esters is 1. The normalized spacial score (nSPS) is 19.2. The van der Waals surface area contributed by atoms with E-state index >= 15 is 0 Å². The Morgan fingerprint density at radius 2 is 1.91 bits per heavy atom. The molecular formula is C24H33N3O5S2. The van der Waals surface area contributed by atoms with Crippen molar-refractivity contribution in [1.29, 1.82) is 0 Å². The minimum absolute atomic E-state index is 0.0747. The molecule has 1 aliphatic heterocycles. The third kappa shape index (κ3) is 6.43. The Balaban J connectivity index is 1.67. The number of sulfonamides is 1. The van der Waals surface area contributed by atoms with Gasteiger partial charge in [0.15, 0.2) is 10.9 Å². The molecule has 0 spiro atoms. The van der Waals surface area contributed by atoms with Crippen LogP contribution in [0.4, 0.5) is 5.13 Å². The molecule has 1 N–H and O–H groups in total. The lowest BCUT2D eigenvalue weighted by atomic mass is 9.94. The SMILES string of the molecule is Cc1nc(NCC(=O)c2cccc(S(=O)(=O)N3CC(C)CC(C)C3)c2)sc1C(=O)OCC(C)C. The van der Waals surface area contributed by atoms with Crippen LogP contribution in [0.15, 0.2) is 29.2 Å². The summed E-state index contributed by atoms with van der Waals surface area (Å²) in [7, 11) is -3.68. The van der Waals surface area contributed by atoms with Crippen LogP contribution in [0, 0.1) is 24.7 Å². The molecule has 3 rings (SSSR count). The number of aromatic nitrogens is 1. The number of ketones is 1. The van der Waals surface area contributed by atoms with Crippen LogP contribution < -0.4 is 5.32 Å². The molecule has 1 aromatic carbocycles. The Hall–Kier alpha value is -2.30. The first kappa shape index (κ1) is 26.3. The largest absolute Gasteiger partial charge is 0.461 e. The average Bonchev–Trinajstić information content (AvgIpc) is 3.15. The number of benzene rings is 1. The van der Waals surface area contributed by atoms with Crippen molar-refractivity contribution in [2.45, 2.75) is 45.9 Å². The quantitative estimate of drug-likeness (QED) is 0.400. The monoisotopic (exact) mass is 507 g/mol. The zero-order valence-corrected chi connectivity index (χ0v) is 22.0. The summed E-state index contributed by atoms with van der Waals surface area (Å²) in [4.78, 5) is 29.9. The van der Waals surface area contributed by atoms with Crippen LogP contribution >= 0.6 is 11.3 Å². The van der Waals surface area contributed by atoms with Crippen LogP contribution in [0.1, 0.15) is 59.8 Å². The van der Waals surface area contributed by atoms with E-state index in [0.29, 0.717) is 52.8 Å². The van der Waals surface area contributed by atoms with Crippen LogP contribution in [0.2, 0.25) is 0 Å². The second kappa shape index (κ2) is 11.0. The van der Waals surface area contributed by atoms with Crippen molar-refractivity contribution in [3.8, 4) is 0 Å². The van der Waals surface area contributed by atoms with Crippen molar-refractivity contribution < 1.29 is 22.7 Å². The molecule has 1 fully saturated rings. The lowest BCUT2D eigenvalue weighted by molar-refractivity contribution is 0.0463. The maximum Gasteiger partial charge on any atom is 0.350 e. The van der Waals surface area contributed by atoms with Gasteiger partial charge in [-0.05, 0) is 43.2 Å². The average molecular weight is 508 g/mol. The molecule has 0 radical (unpaired) electrons. The molecule has 2 heterocycles. The third-order valence-corrected chi connectivity index (χ3v) is 8.48. The molecule has 186 valence electrons. The van der Waals surface area contributed by atoms with Gasteiger partial charge in [0.05, 0.1) is 23.7 Å². The van der Waals surface area contributed by atoms with Crippen LogP contribution in [-0.4, -0.2) is 55.7 Å². The Kier molecular flexibility index (Phi) is 8.48. The molecule has 2 aromatic rings. The van der Waals surface area contributed by atoms with Crippen molar-refractivity contribution in [3.63, 3.8) is 0 Å². The lowest BCUT2D eigenvalue weighted by Crippen LogP contribution is -2.42. The van der Waals surface area contributed by atoms with E-state index in [1.807, 2.05) is 13.8 Å². The summed E-state index contributed by atoms with van der Waals surface area (Å²) in [5.41, 5.74) is 0.836. The van der Waals surface area contributed by atoms with Crippen molar-refractivity contribution in [2.75, 3.05) is 31.6 Å². The number of nitrogens with one attached hydrogen (secondary N) is 1. The molecule has 8 nitrogen and oxygen atoms in total. The van der Waals surface area contributed by atoms with E-state index < -0.39 is 16.0 Å². The predicted molar refractivity (Wildman–Crippen MR) is 133 cm³/mol. The number of carbonyl (C=O) groups is 2. The van der Waals surface area contributed by atoms with Gasteiger partial charge in [0.1, 0.15) is 4.88 Å². The van der Waals surface area contributed by atoms with Crippen molar-refractivity contribution in [1.82, 2.24) is 9.29 Å². The van der Waals surface area contributed by atoms with Gasteiger partial charge < -0.3 is 10.1 Å². The number of hydrogen-bond donors (Lipinski definition) is 1. The minimum atomic E-state index is -3.68. The Labute approximate surface area is 205 Å². The smallest absolute Gasteiger partial charge is 0.350 e. The summed E-state index contributed by atoms with van der Waals surface area (Å²) in [6.45, 7) is 11.0. The van der Waals surface area contributed by atoms with Gasteiger partial charge in [-0.2, -0.15) is 4.31 Å². The zero-order chi connectivity index (χ0) is 25.0. The molecule has 2 atom stereocenters. The molecular weight excluding hydrogens is 474 g/mol. The van der Waals surface area contributed by atoms with E-state index in [4.69, 9.17) is 4.74 Å². The number of Topliss-reactive ketones (excluding diaryl/α,β-unsaturated/α-hetero) is 1. The Morgan fingerprint density at radius 1 is 1.24 bits per heavy atom. The van der Waals surface area contributed by atoms with Gasteiger partial charge in [0, 0.05) is 18.7 Å². The maximum absolute atomic E-state index is 13.2. The molecule has 0 saturated carbocycles. The molecule has 34 heavy (non-hydrogen) atoms. The molecule has 0 aliphatic carbocycles. The first-order chi connectivity index (χ1) is 16.0. The summed E-state index contributed by atoms with van der Waals surface area (Å²) in [6.07, 6.45) is 1.00. The fourth-order valence-electron chi connectivity index (χ4n) is 4.01. The third-order valence-electron chi connectivity index (χ3n) is 5.56. The molecule has 10 heteroatoms. The summed E-state index contributed by atoms with van der Waals surface area (Å²) in [6, 6.07) is 6.16. The molecule has 1 saturated heterocycles. The number of thiazole rings is 1. The Morgan fingerprint density at radius 3 is 2.56 bits per heavy atom. The number of ether oxygens (including phenoxy) is 1. The van der Waals surface area contributed by atoms with E-state index in [2.05, 4.69) is 24.1 Å². The first-order valence-corrected chi connectivity index (χ1v) is 13.7. The number of hydrogen-bond acceptors (Lipinski definition) is 8. The van der Waals surface area contributed by atoms with E-state index in [-0.39, 0.29) is 23.1 Å². The zero-order valence-electron chi connectivity index (χ0n) is 20.3. The maximum atomic E-state index is 13.2. The second-order valence-corrected chi connectivity index (χ2v) is 12.4. The van der Waals surface area contributed by atoms with Gasteiger partial charge >= 0.3 is 5.97 Å². The predicted octanol–water partition coefficient (Wildman–Crippen LogP) is 4.23. The fourth-order valence-corrected chi connectivity index (χ4v) is 6.59. The summed E-state index contributed by atoms with van der Waals surface area (Å²) in [5, 5.41) is 3.38. The number of piperidine rings is 1. The van der Waals surface area contributed by atoms with Crippen molar-refractivity contribution in [3.05, 3.63) is 40.4 Å². The number of anilines is 1. The Bertz CT molecular complexity index is 1130. The fraction of sp³-hybridized carbons (Fsp3) is 0.542. The van der Waals surface area contributed by atoms with Gasteiger partial charge in [-0.15, -0.1) is 0 Å². The molecule has 0 bridgehead atoms. The van der Waals surface area contributed by atoms with Gasteiger partial charge in [0.2, 0.25) is 10.0 Å².